The highest BCUT2D eigenvalue weighted by Crippen LogP contribution is 2.11. The second-order valence-electron chi connectivity index (χ2n) is 3.91. The van der Waals surface area contributed by atoms with Crippen LogP contribution in [0.4, 0.5) is 5.69 Å². The molecule has 2 amide bonds. The first kappa shape index (κ1) is 15.9. The Labute approximate surface area is 117 Å². The van der Waals surface area contributed by atoms with Crippen LogP contribution in [0.3, 0.4) is 0 Å². The highest BCUT2D eigenvalue weighted by Gasteiger charge is 2.10. The van der Waals surface area contributed by atoms with Crippen molar-refractivity contribution in [3.05, 3.63) is 24.0 Å². The van der Waals surface area contributed by atoms with E-state index in [1.54, 1.807) is 13.2 Å². The number of anilines is 1. The summed E-state index contributed by atoms with van der Waals surface area (Å²) >= 11 is 0. The number of carbonyl (C=O) groups excluding carboxylic acids is 2. The number of pyridine rings is 1. The number of aromatic nitrogens is 1. The lowest BCUT2D eigenvalue weighted by atomic mass is 10.2. The summed E-state index contributed by atoms with van der Waals surface area (Å²) in [6.07, 6.45) is 3.12. The standard InChI is InChI=1S/C12H19N5O3/c1-20-7-6-15-11(18)3-5-16-12(19)9-8-14-4-2-10(9)17-13/h2,4,8H,3,5-7,13H2,1H3,(H,14,17)(H,15,18)(H,16,19). The molecule has 0 aliphatic rings. The van der Waals surface area contributed by atoms with Crippen molar-refractivity contribution in [3.8, 4) is 0 Å². The number of hydrogen-bond acceptors (Lipinski definition) is 6. The van der Waals surface area contributed by atoms with Crippen LogP contribution in [-0.4, -0.2) is 43.6 Å². The third kappa shape index (κ3) is 5.21. The van der Waals surface area contributed by atoms with Gasteiger partial charge in [-0.05, 0) is 6.07 Å². The van der Waals surface area contributed by atoms with Crippen LogP contribution in [0, 0.1) is 0 Å². The number of hydrazine groups is 1. The summed E-state index contributed by atoms with van der Waals surface area (Å²) in [6, 6.07) is 1.59. The van der Waals surface area contributed by atoms with Crippen molar-refractivity contribution in [2.24, 2.45) is 5.84 Å². The first-order chi connectivity index (χ1) is 9.69. The highest BCUT2D eigenvalue weighted by molar-refractivity contribution is 5.99. The Morgan fingerprint density at radius 2 is 2.15 bits per heavy atom. The molecule has 110 valence electrons. The van der Waals surface area contributed by atoms with Gasteiger partial charge in [0.05, 0.1) is 17.9 Å². The fourth-order valence-electron chi connectivity index (χ4n) is 1.47. The van der Waals surface area contributed by atoms with Gasteiger partial charge in [-0.3, -0.25) is 20.4 Å². The van der Waals surface area contributed by atoms with Gasteiger partial charge in [0.25, 0.3) is 5.91 Å². The van der Waals surface area contributed by atoms with Gasteiger partial charge in [-0.25, -0.2) is 0 Å². The molecule has 8 nitrogen and oxygen atoms in total. The number of hydrogen-bond donors (Lipinski definition) is 4. The van der Waals surface area contributed by atoms with E-state index in [2.05, 4.69) is 21.0 Å². The lowest BCUT2D eigenvalue weighted by Gasteiger charge is -2.09. The van der Waals surface area contributed by atoms with Crippen LogP contribution in [0.1, 0.15) is 16.8 Å². The van der Waals surface area contributed by atoms with Gasteiger partial charge >= 0.3 is 0 Å². The van der Waals surface area contributed by atoms with Crippen molar-refractivity contribution in [2.75, 3.05) is 32.2 Å². The lowest BCUT2D eigenvalue weighted by molar-refractivity contribution is -0.121. The molecule has 0 aliphatic heterocycles. The van der Waals surface area contributed by atoms with Crippen molar-refractivity contribution in [1.82, 2.24) is 15.6 Å². The molecule has 8 heteroatoms. The van der Waals surface area contributed by atoms with Gasteiger partial charge in [-0.2, -0.15) is 0 Å². The SMILES string of the molecule is COCCNC(=O)CCNC(=O)c1cnccc1NN. The number of nitrogens with zero attached hydrogens (tertiary/aromatic N) is 1. The maximum absolute atomic E-state index is 11.9. The number of nitrogens with two attached hydrogens (primary N) is 1. The van der Waals surface area contributed by atoms with E-state index in [0.29, 0.717) is 24.4 Å². The minimum atomic E-state index is -0.337. The monoisotopic (exact) mass is 281 g/mol. The topological polar surface area (TPSA) is 118 Å². The molecule has 0 radical (unpaired) electrons. The Morgan fingerprint density at radius 1 is 1.35 bits per heavy atom. The number of carbonyl (C=O) groups is 2. The third-order valence-electron chi connectivity index (χ3n) is 2.49. The summed E-state index contributed by atoms with van der Waals surface area (Å²) in [5.74, 6) is 4.81. The summed E-state index contributed by atoms with van der Waals surface area (Å²) in [7, 11) is 1.56. The van der Waals surface area contributed by atoms with Crippen LogP contribution in [0.5, 0.6) is 0 Å². The molecular weight excluding hydrogens is 262 g/mol. The fourth-order valence-corrected chi connectivity index (χ4v) is 1.47. The molecule has 0 saturated carbocycles. The zero-order valence-electron chi connectivity index (χ0n) is 11.3. The Balaban J connectivity index is 2.34. The van der Waals surface area contributed by atoms with Crippen LogP contribution >= 0.6 is 0 Å². The summed E-state index contributed by atoms with van der Waals surface area (Å²) in [4.78, 5) is 27.1. The summed E-state index contributed by atoms with van der Waals surface area (Å²) < 4.78 is 4.81. The average molecular weight is 281 g/mol. The van der Waals surface area contributed by atoms with E-state index >= 15 is 0 Å². The smallest absolute Gasteiger partial charge is 0.255 e. The molecule has 0 aromatic carbocycles. The Hall–Kier alpha value is -2.19. The molecule has 0 atom stereocenters. The Bertz CT molecular complexity index is 452. The molecular formula is C12H19N5O3. The van der Waals surface area contributed by atoms with E-state index in [9.17, 15) is 9.59 Å². The molecule has 0 fully saturated rings. The molecule has 1 heterocycles. The summed E-state index contributed by atoms with van der Waals surface area (Å²) in [6.45, 7) is 1.14. The fraction of sp³-hybridized carbons (Fsp3) is 0.417. The lowest BCUT2D eigenvalue weighted by Crippen LogP contribution is -2.32. The van der Waals surface area contributed by atoms with Crippen molar-refractivity contribution < 1.29 is 14.3 Å². The van der Waals surface area contributed by atoms with Crippen molar-refractivity contribution >= 4 is 17.5 Å². The maximum atomic E-state index is 11.9. The highest BCUT2D eigenvalue weighted by atomic mass is 16.5. The number of amides is 2. The van der Waals surface area contributed by atoms with Gasteiger partial charge in [0.2, 0.25) is 5.91 Å². The maximum Gasteiger partial charge on any atom is 0.255 e. The predicted octanol–water partition coefficient (Wildman–Crippen LogP) is -0.750. The molecule has 0 bridgehead atoms. The average Bonchev–Trinajstić information content (AvgIpc) is 2.47. The van der Waals surface area contributed by atoms with Gasteiger partial charge in [0, 0.05) is 39.0 Å². The van der Waals surface area contributed by atoms with Gasteiger partial charge in [-0.15, -0.1) is 0 Å². The normalized spacial score (nSPS) is 9.90. The number of ether oxygens (including phenoxy) is 1. The van der Waals surface area contributed by atoms with E-state index < -0.39 is 0 Å². The van der Waals surface area contributed by atoms with Crippen LogP contribution in [0.25, 0.3) is 0 Å². The molecule has 20 heavy (non-hydrogen) atoms. The van der Waals surface area contributed by atoms with Crippen LogP contribution in [-0.2, 0) is 9.53 Å². The van der Waals surface area contributed by atoms with E-state index in [1.807, 2.05) is 0 Å². The number of nitrogen functional groups attached to an aromatic ring is 1. The summed E-state index contributed by atoms with van der Waals surface area (Å²) in [5.41, 5.74) is 3.22. The first-order valence-corrected chi connectivity index (χ1v) is 6.13. The number of nitrogens with one attached hydrogen (secondary N) is 3. The van der Waals surface area contributed by atoms with Crippen molar-refractivity contribution in [3.63, 3.8) is 0 Å². The Morgan fingerprint density at radius 3 is 2.85 bits per heavy atom. The second-order valence-corrected chi connectivity index (χ2v) is 3.91. The summed E-state index contributed by atoms with van der Waals surface area (Å²) in [5, 5.41) is 5.29. The number of methoxy groups -OCH3 is 1. The van der Waals surface area contributed by atoms with Gasteiger partial charge in [0.15, 0.2) is 0 Å². The predicted molar refractivity (Wildman–Crippen MR) is 73.9 cm³/mol. The molecule has 0 aliphatic carbocycles. The first-order valence-electron chi connectivity index (χ1n) is 6.13. The van der Waals surface area contributed by atoms with Gasteiger partial charge in [0.1, 0.15) is 0 Å². The largest absolute Gasteiger partial charge is 0.383 e. The van der Waals surface area contributed by atoms with Crippen LogP contribution < -0.4 is 21.9 Å². The van der Waals surface area contributed by atoms with Crippen molar-refractivity contribution in [2.45, 2.75) is 6.42 Å². The zero-order valence-corrected chi connectivity index (χ0v) is 11.3. The van der Waals surface area contributed by atoms with Crippen LogP contribution in [0.15, 0.2) is 18.5 Å². The Kier molecular flexibility index (Phi) is 7.01. The molecule has 5 N–H and O–H groups in total. The van der Waals surface area contributed by atoms with E-state index in [4.69, 9.17) is 10.6 Å². The zero-order chi connectivity index (χ0) is 14.8. The van der Waals surface area contributed by atoms with E-state index in [1.165, 1.54) is 12.4 Å². The minimum Gasteiger partial charge on any atom is -0.383 e. The van der Waals surface area contributed by atoms with Gasteiger partial charge in [-0.1, -0.05) is 0 Å². The quantitative estimate of drug-likeness (QED) is 0.283. The molecule has 1 aromatic heterocycles. The third-order valence-corrected chi connectivity index (χ3v) is 2.49. The molecule has 0 unspecified atom stereocenters. The van der Waals surface area contributed by atoms with Crippen LogP contribution in [0.2, 0.25) is 0 Å². The van der Waals surface area contributed by atoms with Gasteiger partial charge < -0.3 is 20.8 Å². The molecule has 0 saturated heterocycles. The van der Waals surface area contributed by atoms with Crippen molar-refractivity contribution in [1.29, 1.82) is 0 Å². The minimum absolute atomic E-state index is 0.147. The van der Waals surface area contributed by atoms with E-state index in [-0.39, 0.29) is 24.8 Å². The number of rotatable bonds is 8. The van der Waals surface area contributed by atoms with E-state index in [0.717, 1.165) is 0 Å². The molecule has 1 aromatic rings. The molecule has 1 rings (SSSR count). The second kappa shape index (κ2) is 8.83. The molecule has 0 spiro atoms.